The molecule has 10 atom stereocenters. The van der Waals surface area contributed by atoms with Gasteiger partial charge in [0.2, 0.25) is 43.7 Å². The molecule has 0 aromatic heterocycles. The summed E-state index contributed by atoms with van der Waals surface area (Å²) in [4.78, 5) is 140. The number of ether oxygens (including phenoxy) is 4. The Balaban J connectivity index is 0.000000201. The second-order valence-corrected chi connectivity index (χ2v) is 35.8. The molecule has 0 bridgehead atoms. The number of nitrogens with zero attached hydrogens (tertiary/aromatic N) is 4. The van der Waals surface area contributed by atoms with Crippen LogP contribution in [0.2, 0.25) is 0 Å². The molecule has 29 nitrogen and oxygen atoms in total. The maximum absolute atomic E-state index is 14.3. The lowest BCUT2D eigenvalue weighted by Gasteiger charge is -2.30. The summed E-state index contributed by atoms with van der Waals surface area (Å²) in [6.07, 6.45) is 12.3. The fourth-order valence-electron chi connectivity index (χ4n) is 13.8. The largest absolute Gasteiger partial charge is 0.479 e. The van der Waals surface area contributed by atoms with Crippen LogP contribution in [0.15, 0.2) is 72.8 Å². The van der Waals surface area contributed by atoms with Gasteiger partial charge in [0.15, 0.2) is 0 Å². The van der Waals surface area contributed by atoms with Crippen LogP contribution in [0.5, 0.6) is 0 Å². The SMILES string of the molecule is CC(C)(C)OC(=O)N[C@H]1CCCCC/C=C\[C@@H]2C[C@@]2(C(=O)NS(=O)(=O)C2(C)CC2)NC(=O)[C@@H]2C[C@@H](OC(=O)N3Cc4ccccc4C3)CN2C1=O.CC(C)(C)OC(=O)N[C@H]1CCCCC/C=C\[C@@H]2C[C@@]2(C(=O)O)NC(=O)[C@@H]2C[C@@H](OC(=O)N3Cc4ccccc4C3)CN2C1=O.CC1(S(N)(=O)=O)CC1. The van der Waals surface area contributed by atoms with Crippen molar-refractivity contribution in [3.63, 3.8) is 0 Å². The standard InChI is InChI=1S/C36H49N5O9S.C32H42N4O8.C4H9NO2S/c1-34(2,3)50-32(45)37-27-15-9-7-5-6-8-14-25-19-36(25,31(44)39-51(47,48)35(4)16-17-35)38-29(42)28-18-26(22-41(28)30(27)43)49-33(46)40-20-23-12-10-11-13-24(23)21-40;1-31(2,3)44-29(41)33-24-14-8-6-4-5-7-13-22-16-32(22,28(39)40)34-26(37)25-15-23(19-36(25)27(24)38)43-30(42)35-17-20-11-9-10-12-21(20)18-35;1-4(2-3-4)8(5,6)7/h8,10-14,25-28H,5-7,9,15-22H2,1-4H3,(H,37,45)(H,38,42)(H,39,44);7,9-13,22-25H,4-6,8,14-19H2,1-3H3,(H,33,41)(H,34,37)(H,39,40);2-3H2,1H3,(H2,5,6,7)/b14-8-;13-7-;/t25-,26-,27+,28+,36-;22-,23-,24+,25+,32-;/m11./s1. The zero-order valence-corrected chi connectivity index (χ0v) is 61.6. The number of hydrogen-bond donors (Lipinski definition) is 7. The molecule has 6 aliphatic heterocycles. The third-order valence-corrected chi connectivity index (χ3v) is 24.8. The monoisotopic (exact) mass is 1470 g/mol. The number of alkyl carbamates (subject to hydrolysis) is 2. The molecule has 4 saturated carbocycles. The van der Waals surface area contributed by atoms with Crippen molar-refractivity contribution < 1.29 is 88.8 Å². The van der Waals surface area contributed by atoms with Crippen molar-refractivity contribution >= 4 is 79.9 Å². The first-order valence-electron chi connectivity index (χ1n) is 35.8. The first-order chi connectivity index (χ1) is 48.3. The molecule has 4 aliphatic carbocycles. The van der Waals surface area contributed by atoms with Gasteiger partial charge in [-0.1, -0.05) is 98.5 Å². The molecule has 6 fully saturated rings. The number of carboxylic acid groups (broad SMARTS) is 1. The lowest BCUT2D eigenvalue weighted by Crippen LogP contribution is -2.58. The second kappa shape index (κ2) is 30.4. The number of allylic oxidation sites excluding steroid dienone is 2. The average Bonchev–Trinajstić information content (AvgIpc) is 1.57. The molecule has 564 valence electrons. The quantitative estimate of drug-likeness (QED) is 0.101. The van der Waals surface area contributed by atoms with Gasteiger partial charge in [-0.05, 0) is 155 Å². The lowest BCUT2D eigenvalue weighted by atomic mass is 10.0. The summed E-state index contributed by atoms with van der Waals surface area (Å²) >= 11 is 0. The third-order valence-electron chi connectivity index (χ3n) is 20.9. The molecule has 2 aromatic carbocycles. The molecule has 10 aliphatic rings. The fourth-order valence-corrected chi connectivity index (χ4v) is 15.8. The first-order valence-corrected chi connectivity index (χ1v) is 38.8. The van der Waals surface area contributed by atoms with E-state index in [1.807, 2.05) is 72.8 Å². The number of carboxylic acids is 1. The number of amides is 9. The van der Waals surface area contributed by atoms with Gasteiger partial charge in [-0.3, -0.25) is 38.5 Å². The van der Waals surface area contributed by atoms with Crippen LogP contribution in [-0.4, -0.2) is 183 Å². The zero-order chi connectivity index (χ0) is 74.8. The third kappa shape index (κ3) is 18.8. The minimum Gasteiger partial charge on any atom is -0.479 e. The smallest absolute Gasteiger partial charge is 0.410 e. The van der Waals surface area contributed by atoms with E-state index in [1.54, 1.807) is 65.2 Å². The van der Waals surface area contributed by atoms with E-state index in [2.05, 4.69) is 26.0 Å². The predicted molar refractivity (Wildman–Crippen MR) is 374 cm³/mol. The van der Waals surface area contributed by atoms with Crippen molar-refractivity contribution in [3.05, 3.63) is 95.1 Å². The van der Waals surface area contributed by atoms with Crippen molar-refractivity contribution in [1.29, 1.82) is 0 Å². The average molecular weight is 1470 g/mol. The number of nitrogens with one attached hydrogen (secondary N) is 5. The lowest BCUT2D eigenvalue weighted by molar-refractivity contribution is -0.145. The highest BCUT2D eigenvalue weighted by Gasteiger charge is 2.64. The van der Waals surface area contributed by atoms with Crippen LogP contribution in [0.1, 0.15) is 193 Å². The Morgan fingerprint density at radius 1 is 0.563 bits per heavy atom. The van der Waals surface area contributed by atoms with Crippen molar-refractivity contribution in [3.8, 4) is 0 Å². The van der Waals surface area contributed by atoms with Gasteiger partial charge < -0.3 is 55.1 Å². The van der Waals surface area contributed by atoms with Crippen LogP contribution >= 0.6 is 0 Å². The van der Waals surface area contributed by atoms with E-state index in [4.69, 9.17) is 24.1 Å². The van der Waals surface area contributed by atoms with Crippen LogP contribution in [0, 0.1) is 11.8 Å². The minimum absolute atomic E-state index is 0.000531. The Bertz CT molecular complexity index is 3870. The molecule has 12 rings (SSSR count). The van der Waals surface area contributed by atoms with Crippen LogP contribution < -0.4 is 31.1 Å². The van der Waals surface area contributed by atoms with Gasteiger partial charge in [-0.15, -0.1) is 0 Å². The minimum atomic E-state index is -3.99. The molecule has 9 amide bonds. The van der Waals surface area contributed by atoms with Crippen molar-refractivity contribution in [2.45, 2.75) is 265 Å². The molecule has 0 spiro atoms. The zero-order valence-electron chi connectivity index (χ0n) is 60.0. The number of hydrogen-bond acceptors (Lipinski definition) is 18. The van der Waals surface area contributed by atoms with E-state index in [-0.39, 0.29) is 51.1 Å². The van der Waals surface area contributed by atoms with Crippen LogP contribution in [-0.2, 0) is 93.9 Å². The molecule has 2 aromatic rings. The number of carbonyl (C=O) groups is 10. The molecule has 8 N–H and O–H groups in total. The van der Waals surface area contributed by atoms with E-state index in [0.717, 1.165) is 67.2 Å². The van der Waals surface area contributed by atoms with Gasteiger partial charge in [0.05, 0.1) is 22.6 Å². The maximum atomic E-state index is 14.3. The number of benzene rings is 2. The first kappa shape index (κ1) is 77.3. The van der Waals surface area contributed by atoms with E-state index < -0.39 is 154 Å². The number of nitrogens with two attached hydrogens (primary N) is 1. The molecule has 103 heavy (non-hydrogen) atoms. The number of primary sulfonamides is 1. The predicted octanol–water partition coefficient (Wildman–Crippen LogP) is 6.70. The van der Waals surface area contributed by atoms with E-state index in [1.165, 1.54) is 9.80 Å². The molecule has 2 saturated heterocycles. The molecule has 31 heteroatoms. The van der Waals surface area contributed by atoms with Crippen molar-refractivity contribution in [2.24, 2.45) is 17.0 Å². The Morgan fingerprint density at radius 3 is 1.30 bits per heavy atom. The van der Waals surface area contributed by atoms with Gasteiger partial charge in [0.25, 0.3) is 5.91 Å². The highest BCUT2D eigenvalue weighted by atomic mass is 32.2. The second-order valence-electron chi connectivity index (χ2n) is 31.5. The fraction of sp³-hybridized carbons (Fsp3) is 0.639. The summed E-state index contributed by atoms with van der Waals surface area (Å²) in [5, 5.41) is 25.8. The van der Waals surface area contributed by atoms with Crippen molar-refractivity contribution in [1.82, 2.24) is 45.6 Å². The van der Waals surface area contributed by atoms with Crippen LogP contribution in [0.25, 0.3) is 0 Å². The highest BCUT2D eigenvalue weighted by Crippen LogP contribution is 2.49. The summed E-state index contributed by atoms with van der Waals surface area (Å²) in [7, 11) is -7.22. The van der Waals surface area contributed by atoms with Crippen molar-refractivity contribution in [2.75, 3.05) is 13.1 Å². The summed E-state index contributed by atoms with van der Waals surface area (Å²) in [5.41, 5.74) is -0.512. The Labute approximate surface area is 601 Å². The number of sulfonamides is 2. The number of aliphatic carboxylic acids is 1. The maximum Gasteiger partial charge on any atom is 0.410 e. The van der Waals surface area contributed by atoms with Gasteiger partial charge in [0.1, 0.15) is 58.7 Å². The molecule has 0 unspecified atom stereocenters. The molecular formula is C72H100N10O19S2. The summed E-state index contributed by atoms with van der Waals surface area (Å²) in [6.45, 7) is 14.9. The van der Waals surface area contributed by atoms with E-state index >= 15 is 0 Å². The Morgan fingerprint density at radius 2 is 0.942 bits per heavy atom. The summed E-state index contributed by atoms with van der Waals surface area (Å²) < 4.78 is 70.3. The van der Waals surface area contributed by atoms with Crippen LogP contribution in [0.3, 0.4) is 0 Å². The van der Waals surface area contributed by atoms with Gasteiger partial charge >= 0.3 is 30.3 Å². The normalized spacial score (nSPS) is 29.3. The number of fused-ring (bicyclic) bond motifs is 6. The van der Waals surface area contributed by atoms with Crippen LogP contribution in [0.4, 0.5) is 19.2 Å². The number of carbonyl (C=O) groups excluding carboxylic acids is 9. The Hall–Kier alpha value is -8.32. The topological polar surface area (TPSA) is 395 Å². The van der Waals surface area contributed by atoms with Gasteiger partial charge in [-0.2, -0.15) is 0 Å². The summed E-state index contributed by atoms with van der Waals surface area (Å²) in [6, 6.07) is 11.1. The number of rotatable bonds is 9. The molecule has 6 heterocycles. The Kier molecular flexibility index (Phi) is 22.8. The van der Waals surface area contributed by atoms with E-state index in [0.29, 0.717) is 64.7 Å². The molecule has 0 radical (unpaired) electrons. The van der Waals surface area contributed by atoms with Gasteiger partial charge in [-0.25, -0.2) is 45.9 Å². The summed E-state index contributed by atoms with van der Waals surface area (Å²) in [5.74, 6) is -5.12. The molecular weight excluding hydrogens is 1370 g/mol. The van der Waals surface area contributed by atoms with E-state index in [9.17, 15) is 69.9 Å². The van der Waals surface area contributed by atoms with Gasteiger partial charge in [0, 0.05) is 50.9 Å². The highest BCUT2D eigenvalue weighted by molar-refractivity contribution is 7.91.